The maximum atomic E-state index is 9.75. The normalized spacial score (nSPS) is 16.0. The molecule has 1 aromatic carbocycles. The lowest BCUT2D eigenvalue weighted by molar-refractivity contribution is 0.183. The van der Waals surface area contributed by atoms with Gasteiger partial charge in [0.1, 0.15) is 0 Å². The molecule has 2 rings (SSSR count). The molecule has 0 radical (unpaired) electrons. The van der Waals surface area contributed by atoms with Gasteiger partial charge in [-0.1, -0.05) is 6.07 Å². The largest absolute Gasteiger partial charge is 0.490 e. The van der Waals surface area contributed by atoms with E-state index in [2.05, 4.69) is 5.92 Å². The molecule has 1 heterocycles. The molecule has 0 amide bonds. The first-order valence-corrected chi connectivity index (χ1v) is 5.32. The lowest BCUT2D eigenvalue weighted by atomic mass is 10.1. The van der Waals surface area contributed by atoms with Crippen LogP contribution in [0, 0.1) is 12.3 Å². The second-order valence-electron chi connectivity index (χ2n) is 3.68. The smallest absolute Gasteiger partial charge is 0.161 e. The van der Waals surface area contributed by atoms with Crippen LogP contribution in [0.4, 0.5) is 0 Å². The van der Waals surface area contributed by atoms with Crippen molar-refractivity contribution in [3.63, 3.8) is 0 Å². The predicted octanol–water partition coefficient (Wildman–Crippen LogP) is 1.90. The fourth-order valence-corrected chi connectivity index (χ4v) is 1.62. The van der Waals surface area contributed by atoms with E-state index >= 15 is 0 Å². The Morgan fingerprint density at radius 2 is 2.06 bits per heavy atom. The van der Waals surface area contributed by atoms with Crippen LogP contribution in [0.25, 0.3) is 0 Å². The summed E-state index contributed by atoms with van der Waals surface area (Å²) in [7, 11) is 0. The van der Waals surface area contributed by atoms with E-state index in [-0.39, 0.29) is 0 Å². The van der Waals surface area contributed by atoms with Gasteiger partial charge in [0.2, 0.25) is 0 Å². The molecule has 0 saturated heterocycles. The molecule has 3 heteroatoms. The fourth-order valence-electron chi connectivity index (χ4n) is 1.62. The van der Waals surface area contributed by atoms with Gasteiger partial charge in [0.15, 0.2) is 11.5 Å². The number of ether oxygens (including phenoxy) is 2. The molecule has 1 aromatic rings. The third-order valence-corrected chi connectivity index (χ3v) is 2.47. The molecule has 3 nitrogen and oxygen atoms in total. The average Bonchev–Trinajstić information content (AvgIpc) is 2.53. The maximum absolute atomic E-state index is 9.75. The molecule has 1 atom stereocenters. The van der Waals surface area contributed by atoms with Crippen LogP contribution in [0.1, 0.15) is 24.5 Å². The summed E-state index contributed by atoms with van der Waals surface area (Å²) < 4.78 is 11.0. The Morgan fingerprint density at radius 1 is 1.31 bits per heavy atom. The number of terminal acetylenes is 1. The van der Waals surface area contributed by atoms with Crippen LogP contribution in [-0.2, 0) is 0 Å². The van der Waals surface area contributed by atoms with Gasteiger partial charge in [-0.2, -0.15) is 0 Å². The van der Waals surface area contributed by atoms with E-state index in [1.165, 1.54) is 0 Å². The van der Waals surface area contributed by atoms with Crippen molar-refractivity contribution in [2.24, 2.45) is 0 Å². The van der Waals surface area contributed by atoms with Crippen LogP contribution in [-0.4, -0.2) is 18.3 Å². The number of rotatable bonds is 2. The van der Waals surface area contributed by atoms with Crippen molar-refractivity contribution in [3.8, 4) is 23.8 Å². The summed E-state index contributed by atoms with van der Waals surface area (Å²) in [5.41, 5.74) is 0.766. The summed E-state index contributed by atoms with van der Waals surface area (Å²) in [5, 5.41) is 9.75. The average molecular weight is 218 g/mol. The zero-order valence-corrected chi connectivity index (χ0v) is 8.98. The van der Waals surface area contributed by atoms with Gasteiger partial charge in [0, 0.05) is 12.8 Å². The molecule has 1 unspecified atom stereocenters. The highest BCUT2D eigenvalue weighted by molar-refractivity contribution is 5.44. The zero-order valence-electron chi connectivity index (χ0n) is 8.98. The lowest BCUT2D eigenvalue weighted by Crippen LogP contribution is -1.98. The topological polar surface area (TPSA) is 38.7 Å². The molecular formula is C13H14O3. The van der Waals surface area contributed by atoms with E-state index < -0.39 is 6.10 Å². The van der Waals surface area contributed by atoms with Crippen LogP contribution >= 0.6 is 0 Å². The third kappa shape index (κ3) is 2.29. The Labute approximate surface area is 95.0 Å². The number of benzene rings is 1. The van der Waals surface area contributed by atoms with Gasteiger partial charge in [0.25, 0.3) is 0 Å². The molecule has 0 spiro atoms. The molecule has 16 heavy (non-hydrogen) atoms. The van der Waals surface area contributed by atoms with Gasteiger partial charge < -0.3 is 14.6 Å². The second kappa shape index (κ2) is 4.91. The molecule has 0 bridgehead atoms. The van der Waals surface area contributed by atoms with E-state index in [9.17, 15) is 5.11 Å². The van der Waals surface area contributed by atoms with Crippen LogP contribution in [0.2, 0.25) is 0 Å². The fraction of sp³-hybridized carbons (Fsp3) is 0.385. The molecule has 84 valence electrons. The number of aliphatic hydroxyl groups is 1. The Morgan fingerprint density at radius 3 is 2.81 bits per heavy atom. The molecule has 0 aromatic heterocycles. The highest BCUT2D eigenvalue weighted by Crippen LogP contribution is 2.32. The lowest BCUT2D eigenvalue weighted by Gasteiger charge is -2.12. The van der Waals surface area contributed by atoms with Crippen molar-refractivity contribution in [3.05, 3.63) is 23.8 Å². The van der Waals surface area contributed by atoms with Crippen LogP contribution in [0.15, 0.2) is 18.2 Å². The quantitative estimate of drug-likeness (QED) is 0.770. The van der Waals surface area contributed by atoms with E-state index in [4.69, 9.17) is 15.9 Å². The minimum atomic E-state index is -0.637. The van der Waals surface area contributed by atoms with Crippen molar-refractivity contribution in [2.75, 3.05) is 13.2 Å². The maximum Gasteiger partial charge on any atom is 0.161 e. The van der Waals surface area contributed by atoms with E-state index in [1.54, 1.807) is 6.07 Å². The van der Waals surface area contributed by atoms with Gasteiger partial charge in [-0.25, -0.2) is 0 Å². The monoisotopic (exact) mass is 218 g/mol. The summed E-state index contributed by atoms with van der Waals surface area (Å²) >= 11 is 0. The van der Waals surface area contributed by atoms with Crippen molar-refractivity contribution in [1.29, 1.82) is 0 Å². The van der Waals surface area contributed by atoms with Crippen LogP contribution in [0.3, 0.4) is 0 Å². The van der Waals surface area contributed by atoms with E-state index in [0.29, 0.717) is 25.4 Å². The first kappa shape index (κ1) is 10.8. The summed E-state index contributed by atoms with van der Waals surface area (Å²) in [6, 6.07) is 5.42. The first-order chi connectivity index (χ1) is 7.81. The van der Waals surface area contributed by atoms with E-state index in [1.807, 2.05) is 12.1 Å². The highest BCUT2D eigenvalue weighted by Gasteiger charge is 2.13. The van der Waals surface area contributed by atoms with Gasteiger partial charge >= 0.3 is 0 Å². The number of hydrogen-bond donors (Lipinski definition) is 1. The van der Waals surface area contributed by atoms with E-state index in [0.717, 1.165) is 17.7 Å². The molecule has 1 N–H and O–H groups in total. The molecule has 1 aliphatic rings. The molecule has 0 fully saturated rings. The standard InChI is InChI=1S/C13H14O3/c1-2-4-11(14)10-5-6-12-13(9-10)16-8-3-7-15-12/h1,5-6,9,11,14H,3-4,7-8H2. The minimum absolute atomic E-state index is 0.305. The Hall–Kier alpha value is -1.66. The number of aliphatic hydroxyl groups excluding tert-OH is 1. The predicted molar refractivity (Wildman–Crippen MR) is 60.5 cm³/mol. The minimum Gasteiger partial charge on any atom is -0.490 e. The summed E-state index contributed by atoms with van der Waals surface area (Å²) in [4.78, 5) is 0. The molecule has 0 saturated carbocycles. The number of hydrogen-bond acceptors (Lipinski definition) is 3. The van der Waals surface area contributed by atoms with Gasteiger partial charge in [-0.15, -0.1) is 12.3 Å². The molecule has 1 aliphatic heterocycles. The zero-order chi connectivity index (χ0) is 11.4. The summed E-state index contributed by atoms with van der Waals surface area (Å²) in [6.45, 7) is 1.31. The van der Waals surface area contributed by atoms with Crippen LogP contribution < -0.4 is 9.47 Å². The molecular weight excluding hydrogens is 204 g/mol. The van der Waals surface area contributed by atoms with Crippen LogP contribution in [0.5, 0.6) is 11.5 Å². The van der Waals surface area contributed by atoms with Gasteiger partial charge in [0.05, 0.1) is 19.3 Å². The summed E-state index contributed by atoms with van der Waals surface area (Å²) in [6.07, 6.45) is 5.70. The Bertz CT molecular complexity index is 406. The first-order valence-electron chi connectivity index (χ1n) is 5.32. The second-order valence-corrected chi connectivity index (χ2v) is 3.68. The molecule has 0 aliphatic carbocycles. The van der Waals surface area contributed by atoms with Crippen molar-refractivity contribution in [1.82, 2.24) is 0 Å². The van der Waals surface area contributed by atoms with Crippen molar-refractivity contribution in [2.45, 2.75) is 18.9 Å². The van der Waals surface area contributed by atoms with Gasteiger partial charge in [-0.3, -0.25) is 0 Å². The highest BCUT2D eigenvalue weighted by atomic mass is 16.5. The Balaban J connectivity index is 2.24. The Kier molecular flexibility index (Phi) is 3.33. The van der Waals surface area contributed by atoms with Gasteiger partial charge in [-0.05, 0) is 17.7 Å². The number of fused-ring (bicyclic) bond motifs is 1. The SMILES string of the molecule is C#CCC(O)c1ccc2c(c1)OCCCO2. The third-order valence-electron chi connectivity index (χ3n) is 2.47. The van der Waals surface area contributed by atoms with Crippen molar-refractivity contribution >= 4 is 0 Å². The van der Waals surface area contributed by atoms with Crippen molar-refractivity contribution < 1.29 is 14.6 Å². The summed E-state index contributed by atoms with van der Waals surface area (Å²) in [5.74, 6) is 3.85.